The fraction of sp³-hybridized carbons (Fsp3) is 0.381. The molecule has 1 fully saturated rings. The Morgan fingerprint density at radius 2 is 2.11 bits per heavy atom. The molecule has 6 heteroatoms. The van der Waals surface area contributed by atoms with Crippen LogP contribution in [0.25, 0.3) is 10.9 Å². The van der Waals surface area contributed by atoms with Crippen LogP contribution in [0.2, 0.25) is 0 Å². The number of aromatic amines is 1. The second-order valence-corrected chi connectivity index (χ2v) is 7.69. The number of para-hydroxylation sites is 1. The third-order valence-electron chi connectivity index (χ3n) is 5.91. The molecule has 0 bridgehead atoms. The molecule has 3 heterocycles. The molecule has 6 nitrogen and oxygen atoms in total. The molecule has 2 aliphatic rings. The standard InChI is InChI=1S/C21H22N4O2/c26-18(12-21(27)9-3-10-21)25-11-8-16-19(23-13-22-16)20(25)17-7-6-14-4-1-2-5-15(14)24-17/h1-2,4-7,13,20,27H,3,8-12H2,(H,22,23)/t20-/m0/s1. The number of imidazole rings is 1. The van der Waals surface area contributed by atoms with Crippen LogP contribution in [0.1, 0.15) is 48.8 Å². The Bertz CT molecular complexity index is 1010. The molecular formula is C21H22N4O2. The first-order chi connectivity index (χ1) is 13.1. The van der Waals surface area contributed by atoms with Crippen LogP contribution >= 0.6 is 0 Å². The molecule has 5 rings (SSSR count). The lowest BCUT2D eigenvalue weighted by atomic mass is 9.77. The topological polar surface area (TPSA) is 82.1 Å². The van der Waals surface area contributed by atoms with Gasteiger partial charge < -0.3 is 15.0 Å². The minimum Gasteiger partial charge on any atom is -0.389 e. The molecule has 0 unspecified atom stereocenters. The molecule has 138 valence electrons. The third-order valence-corrected chi connectivity index (χ3v) is 5.91. The molecule has 1 amide bonds. The summed E-state index contributed by atoms with van der Waals surface area (Å²) in [6, 6.07) is 11.7. The van der Waals surface area contributed by atoms with Gasteiger partial charge in [-0.1, -0.05) is 24.3 Å². The van der Waals surface area contributed by atoms with E-state index in [1.807, 2.05) is 41.3 Å². The predicted octanol–water partition coefficient (Wildman–Crippen LogP) is 2.74. The van der Waals surface area contributed by atoms with E-state index in [0.29, 0.717) is 19.4 Å². The summed E-state index contributed by atoms with van der Waals surface area (Å²) in [5, 5.41) is 11.5. The maximum atomic E-state index is 13.1. The summed E-state index contributed by atoms with van der Waals surface area (Å²) in [6.07, 6.45) is 5.01. The van der Waals surface area contributed by atoms with E-state index >= 15 is 0 Å². The highest BCUT2D eigenvalue weighted by atomic mass is 16.3. The number of hydrogen-bond donors (Lipinski definition) is 2. The zero-order chi connectivity index (χ0) is 18.4. The van der Waals surface area contributed by atoms with Crippen LogP contribution in [0.5, 0.6) is 0 Å². The number of nitrogens with one attached hydrogen (secondary N) is 1. The second kappa shape index (κ2) is 6.16. The molecule has 0 saturated heterocycles. The Kier molecular flexibility index (Phi) is 3.75. The fourth-order valence-corrected chi connectivity index (χ4v) is 4.22. The zero-order valence-electron chi connectivity index (χ0n) is 15.1. The number of benzene rings is 1. The van der Waals surface area contributed by atoms with Crippen molar-refractivity contribution < 1.29 is 9.90 Å². The van der Waals surface area contributed by atoms with Crippen molar-refractivity contribution in [3.63, 3.8) is 0 Å². The van der Waals surface area contributed by atoms with Gasteiger partial charge in [0.1, 0.15) is 6.04 Å². The van der Waals surface area contributed by atoms with E-state index in [0.717, 1.165) is 40.8 Å². The Morgan fingerprint density at radius 1 is 1.26 bits per heavy atom. The molecule has 3 aromatic rings. The van der Waals surface area contributed by atoms with E-state index in [1.165, 1.54) is 0 Å². The highest BCUT2D eigenvalue weighted by Crippen LogP contribution is 2.38. The van der Waals surface area contributed by atoms with Crippen molar-refractivity contribution >= 4 is 16.8 Å². The molecular weight excluding hydrogens is 340 g/mol. The van der Waals surface area contributed by atoms with E-state index in [2.05, 4.69) is 9.97 Å². The number of rotatable bonds is 3. The first-order valence-electron chi connectivity index (χ1n) is 9.53. The van der Waals surface area contributed by atoms with Crippen molar-refractivity contribution in [2.75, 3.05) is 6.54 Å². The number of aromatic nitrogens is 3. The zero-order valence-corrected chi connectivity index (χ0v) is 15.1. The first-order valence-corrected chi connectivity index (χ1v) is 9.53. The lowest BCUT2D eigenvalue weighted by Gasteiger charge is -2.40. The summed E-state index contributed by atoms with van der Waals surface area (Å²) >= 11 is 0. The van der Waals surface area contributed by atoms with Crippen LogP contribution in [-0.2, 0) is 11.2 Å². The summed E-state index contributed by atoms with van der Waals surface area (Å²) in [6.45, 7) is 0.600. The maximum Gasteiger partial charge on any atom is 0.226 e. The maximum absolute atomic E-state index is 13.1. The highest BCUT2D eigenvalue weighted by molar-refractivity contribution is 5.80. The number of fused-ring (bicyclic) bond motifs is 2. The molecule has 0 spiro atoms. The summed E-state index contributed by atoms with van der Waals surface area (Å²) < 4.78 is 0. The van der Waals surface area contributed by atoms with Gasteiger partial charge in [0.05, 0.1) is 35.3 Å². The Balaban J connectivity index is 1.55. The fourth-order valence-electron chi connectivity index (χ4n) is 4.22. The average Bonchev–Trinajstić information content (AvgIpc) is 3.14. The van der Waals surface area contributed by atoms with Gasteiger partial charge in [0, 0.05) is 24.0 Å². The average molecular weight is 362 g/mol. The van der Waals surface area contributed by atoms with Crippen LogP contribution in [0.3, 0.4) is 0 Å². The van der Waals surface area contributed by atoms with Crippen molar-refractivity contribution in [3.8, 4) is 0 Å². The predicted molar refractivity (Wildman–Crippen MR) is 101 cm³/mol. The third kappa shape index (κ3) is 2.80. The van der Waals surface area contributed by atoms with Crippen LogP contribution in [-0.4, -0.2) is 43.0 Å². The minimum absolute atomic E-state index is 0.0224. The lowest BCUT2D eigenvalue weighted by Crippen LogP contribution is -2.47. The van der Waals surface area contributed by atoms with Crippen LogP contribution in [0.15, 0.2) is 42.7 Å². The highest BCUT2D eigenvalue weighted by Gasteiger charge is 2.41. The van der Waals surface area contributed by atoms with Gasteiger partial charge in [-0.05, 0) is 31.4 Å². The van der Waals surface area contributed by atoms with Gasteiger partial charge in [-0.3, -0.25) is 9.78 Å². The normalized spacial score (nSPS) is 20.9. The molecule has 1 aliphatic heterocycles. The quantitative estimate of drug-likeness (QED) is 0.751. The van der Waals surface area contributed by atoms with Crippen molar-refractivity contribution in [1.29, 1.82) is 0 Å². The molecule has 2 N–H and O–H groups in total. The Hall–Kier alpha value is -2.73. The van der Waals surface area contributed by atoms with Crippen molar-refractivity contribution in [2.45, 2.75) is 43.7 Å². The monoisotopic (exact) mass is 362 g/mol. The molecule has 1 atom stereocenters. The van der Waals surface area contributed by atoms with Crippen molar-refractivity contribution in [3.05, 3.63) is 59.8 Å². The summed E-state index contributed by atoms with van der Waals surface area (Å²) in [4.78, 5) is 27.5. The van der Waals surface area contributed by atoms with Gasteiger partial charge in [-0.15, -0.1) is 0 Å². The van der Waals surface area contributed by atoms with E-state index < -0.39 is 5.60 Å². The number of hydrogen-bond acceptors (Lipinski definition) is 4. The molecule has 0 radical (unpaired) electrons. The van der Waals surface area contributed by atoms with E-state index in [-0.39, 0.29) is 18.4 Å². The van der Waals surface area contributed by atoms with E-state index in [4.69, 9.17) is 4.98 Å². The lowest BCUT2D eigenvalue weighted by molar-refractivity contribution is -0.142. The van der Waals surface area contributed by atoms with Gasteiger partial charge in [-0.25, -0.2) is 4.98 Å². The molecule has 1 aromatic carbocycles. The molecule has 1 saturated carbocycles. The minimum atomic E-state index is -0.829. The largest absolute Gasteiger partial charge is 0.389 e. The van der Waals surface area contributed by atoms with E-state index in [9.17, 15) is 9.90 Å². The van der Waals surface area contributed by atoms with Gasteiger partial charge in [-0.2, -0.15) is 0 Å². The van der Waals surface area contributed by atoms with Gasteiger partial charge in [0.25, 0.3) is 0 Å². The number of aliphatic hydroxyl groups is 1. The van der Waals surface area contributed by atoms with Crippen LogP contribution in [0, 0.1) is 0 Å². The first kappa shape index (κ1) is 16.4. The second-order valence-electron chi connectivity index (χ2n) is 7.69. The summed E-state index contributed by atoms with van der Waals surface area (Å²) in [5.41, 5.74) is 2.81. The van der Waals surface area contributed by atoms with E-state index in [1.54, 1.807) is 6.33 Å². The van der Waals surface area contributed by atoms with Crippen molar-refractivity contribution in [2.24, 2.45) is 0 Å². The molecule has 27 heavy (non-hydrogen) atoms. The van der Waals surface area contributed by atoms with Crippen LogP contribution < -0.4 is 0 Å². The smallest absolute Gasteiger partial charge is 0.226 e. The number of nitrogens with zero attached hydrogens (tertiary/aromatic N) is 3. The van der Waals surface area contributed by atoms with Crippen molar-refractivity contribution in [1.82, 2.24) is 19.9 Å². The molecule has 2 aromatic heterocycles. The number of carbonyl (C=O) groups excluding carboxylic acids is 1. The van der Waals surface area contributed by atoms with Gasteiger partial charge in [0.15, 0.2) is 0 Å². The molecule has 1 aliphatic carbocycles. The number of carbonyl (C=O) groups is 1. The summed E-state index contributed by atoms with van der Waals surface area (Å²) in [7, 11) is 0. The number of H-pyrrole nitrogens is 1. The summed E-state index contributed by atoms with van der Waals surface area (Å²) in [5.74, 6) is -0.0224. The number of pyridine rings is 1. The van der Waals surface area contributed by atoms with Crippen LogP contribution in [0.4, 0.5) is 0 Å². The number of amides is 1. The Morgan fingerprint density at radius 3 is 2.93 bits per heavy atom. The van der Waals surface area contributed by atoms with Gasteiger partial charge >= 0.3 is 0 Å². The Labute approximate surface area is 157 Å². The van der Waals surface area contributed by atoms with Gasteiger partial charge in [0.2, 0.25) is 5.91 Å². The SMILES string of the molecule is O=C(CC1(O)CCC1)N1CCc2[nH]cnc2[C@@H]1c1ccc2ccccc2n1.